The van der Waals surface area contributed by atoms with E-state index in [9.17, 15) is 4.79 Å². The minimum Gasteiger partial charge on any atom is -0.338 e. The van der Waals surface area contributed by atoms with Crippen LogP contribution in [0, 0.1) is 0 Å². The Morgan fingerprint density at radius 1 is 0.957 bits per heavy atom. The van der Waals surface area contributed by atoms with Crippen molar-refractivity contribution < 1.29 is 4.79 Å². The Morgan fingerprint density at radius 2 is 1.61 bits per heavy atom. The number of benzene rings is 2. The Bertz CT molecular complexity index is 768. The van der Waals surface area contributed by atoms with E-state index in [1.165, 1.54) is 16.8 Å². The first kappa shape index (κ1) is 14.3. The molecule has 0 saturated carbocycles. The zero-order valence-corrected chi connectivity index (χ0v) is 13.9. The second-order valence-corrected chi connectivity index (χ2v) is 7.21. The van der Waals surface area contributed by atoms with Crippen LogP contribution in [0.4, 0.5) is 5.69 Å². The first-order chi connectivity index (χ1) is 11.0. The highest BCUT2D eigenvalue weighted by molar-refractivity contribution is 5.90. The molecule has 2 aromatic rings. The molecule has 0 radical (unpaired) electrons. The summed E-state index contributed by atoms with van der Waals surface area (Å²) in [6, 6.07) is 18.8. The molecule has 2 aromatic carbocycles. The topological polar surface area (TPSA) is 23.6 Å². The van der Waals surface area contributed by atoms with Crippen molar-refractivity contribution in [2.45, 2.75) is 38.4 Å². The SMILES string of the molecule is CC1(C)c2ccccc2N2CC(=O)N(Cc3ccccc3)[C@@]21C. The molecule has 2 aliphatic heterocycles. The lowest BCUT2D eigenvalue weighted by molar-refractivity contribution is -0.132. The molecule has 0 aliphatic carbocycles. The van der Waals surface area contributed by atoms with Crippen molar-refractivity contribution >= 4 is 11.6 Å². The number of rotatable bonds is 2. The van der Waals surface area contributed by atoms with E-state index >= 15 is 0 Å². The van der Waals surface area contributed by atoms with Gasteiger partial charge in [0.2, 0.25) is 5.91 Å². The van der Waals surface area contributed by atoms with E-state index in [-0.39, 0.29) is 17.0 Å². The average molecular weight is 306 g/mol. The summed E-state index contributed by atoms with van der Waals surface area (Å²) in [5, 5.41) is 0. The molecule has 0 unspecified atom stereocenters. The van der Waals surface area contributed by atoms with Crippen molar-refractivity contribution in [3.05, 3.63) is 65.7 Å². The molecule has 0 bridgehead atoms. The van der Waals surface area contributed by atoms with Crippen LogP contribution < -0.4 is 4.90 Å². The van der Waals surface area contributed by atoms with E-state index in [4.69, 9.17) is 0 Å². The number of nitrogens with zero attached hydrogens (tertiary/aromatic N) is 2. The lowest BCUT2D eigenvalue weighted by Gasteiger charge is -2.46. The van der Waals surface area contributed by atoms with E-state index < -0.39 is 0 Å². The first-order valence-corrected chi connectivity index (χ1v) is 8.18. The number of fused-ring (bicyclic) bond motifs is 3. The molecule has 3 nitrogen and oxygen atoms in total. The Balaban J connectivity index is 1.81. The molecule has 4 rings (SSSR count). The van der Waals surface area contributed by atoms with E-state index in [1.54, 1.807) is 0 Å². The van der Waals surface area contributed by atoms with Crippen LogP contribution in [0.3, 0.4) is 0 Å². The highest BCUT2D eigenvalue weighted by atomic mass is 16.2. The summed E-state index contributed by atoms with van der Waals surface area (Å²) in [5.74, 6) is 0.207. The predicted octanol–water partition coefficient (Wildman–Crippen LogP) is 3.54. The fraction of sp³-hybridized carbons (Fsp3) is 0.350. The van der Waals surface area contributed by atoms with Crippen LogP contribution in [0.15, 0.2) is 54.6 Å². The first-order valence-electron chi connectivity index (χ1n) is 8.18. The number of carbonyl (C=O) groups is 1. The summed E-state index contributed by atoms with van der Waals surface area (Å²) < 4.78 is 0. The summed E-state index contributed by atoms with van der Waals surface area (Å²) in [6.07, 6.45) is 0. The molecule has 23 heavy (non-hydrogen) atoms. The van der Waals surface area contributed by atoms with Gasteiger partial charge in [-0.2, -0.15) is 0 Å². The third-order valence-electron chi connectivity index (χ3n) is 5.88. The zero-order chi connectivity index (χ0) is 16.2. The van der Waals surface area contributed by atoms with Crippen molar-refractivity contribution in [1.29, 1.82) is 0 Å². The third kappa shape index (κ3) is 1.73. The molecule has 3 heteroatoms. The number of carbonyl (C=O) groups excluding carboxylic acids is 1. The fourth-order valence-electron chi connectivity index (χ4n) is 4.26. The van der Waals surface area contributed by atoms with Crippen molar-refractivity contribution in [3.8, 4) is 0 Å². The molecule has 118 valence electrons. The Labute approximate surface area is 137 Å². The maximum Gasteiger partial charge on any atom is 0.244 e. The highest BCUT2D eigenvalue weighted by Crippen LogP contribution is 2.55. The lowest BCUT2D eigenvalue weighted by atomic mass is 9.76. The van der Waals surface area contributed by atoms with Gasteiger partial charge in [-0.3, -0.25) is 4.79 Å². The van der Waals surface area contributed by atoms with Gasteiger partial charge >= 0.3 is 0 Å². The van der Waals surface area contributed by atoms with Crippen LogP contribution in [0.1, 0.15) is 31.9 Å². The molecular weight excluding hydrogens is 284 g/mol. The molecule has 0 aromatic heterocycles. The number of amides is 1. The van der Waals surface area contributed by atoms with Gasteiger partial charge in [-0.15, -0.1) is 0 Å². The van der Waals surface area contributed by atoms with Crippen LogP contribution in [0.5, 0.6) is 0 Å². The van der Waals surface area contributed by atoms with Crippen molar-refractivity contribution in [2.75, 3.05) is 11.4 Å². The maximum atomic E-state index is 12.8. The van der Waals surface area contributed by atoms with Crippen LogP contribution in [0.2, 0.25) is 0 Å². The Kier molecular flexibility index (Phi) is 2.87. The largest absolute Gasteiger partial charge is 0.338 e. The minimum atomic E-state index is -0.330. The van der Waals surface area contributed by atoms with Gasteiger partial charge in [0.05, 0.1) is 6.54 Å². The van der Waals surface area contributed by atoms with Gasteiger partial charge in [0.25, 0.3) is 0 Å². The van der Waals surface area contributed by atoms with E-state index in [0.717, 1.165) is 0 Å². The van der Waals surface area contributed by atoms with Crippen LogP contribution in [0.25, 0.3) is 0 Å². The standard InChI is InChI=1S/C20H22N2O/c1-19(2)16-11-7-8-12-17(16)21-14-18(23)22(20(19,21)3)13-15-9-5-4-6-10-15/h4-12H,13-14H2,1-3H3/t20-/m1/s1. The molecule has 1 atom stereocenters. The fourth-order valence-corrected chi connectivity index (χ4v) is 4.26. The Hall–Kier alpha value is -2.29. The van der Waals surface area contributed by atoms with E-state index in [0.29, 0.717) is 13.1 Å². The monoisotopic (exact) mass is 306 g/mol. The summed E-state index contributed by atoms with van der Waals surface area (Å²) in [4.78, 5) is 17.1. The van der Waals surface area contributed by atoms with Crippen molar-refractivity contribution in [2.24, 2.45) is 0 Å². The second-order valence-electron chi connectivity index (χ2n) is 7.21. The van der Waals surface area contributed by atoms with E-state index in [2.05, 4.69) is 67.0 Å². The molecule has 1 fully saturated rings. The molecule has 1 amide bonds. The predicted molar refractivity (Wildman–Crippen MR) is 92.2 cm³/mol. The summed E-state index contributed by atoms with van der Waals surface area (Å²) in [6.45, 7) is 7.83. The summed E-state index contributed by atoms with van der Waals surface area (Å²) in [7, 11) is 0. The number of hydrogen-bond acceptors (Lipinski definition) is 2. The van der Waals surface area contributed by atoms with Crippen LogP contribution in [-0.4, -0.2) is 23.0 Å². The number of anilines is 1. The van der Waals surface area contributed by atoms with Gasteiger partial charge in [0.1, 0.15) is 5.66 Å². The van der Waals surface area contributed by atoms with Crippen molar-refractivity contribution in [3.63, 3.8) is 0 Å². The Morgan fingerprint density at radius 3 is 2.35 bits per heavy atom. The summed E-state index contributed by atoms with van der Waals surface area (Å²) >= 11 is 0. The van der Waals surface area contributed by atoms with Gasteiger partial charge in [-0.05, 0) is 24.1 Å². The molecule has 0 N–H and O–H groups in total. The minimum absolute atomic E-state index is 0.121. The summed E-state index contributed by atoms with van der Waals surface area (Å²) in [5.41, 5.74) is 3.25. The van der Waals surface area contributed by atoms with Crippen molar-refractivity contribution in [1.82, 2.24) is 4.90 Å². The van der Waals surface area contributed by atoms with Gasteiger partial charge in [-0.1, -0.05) is 62.4 Å². The van der Waals surface area contributed by atoms with Gasteiger partial charge in [-0.25, -0.2) is 0 Å². The molecular formula is C20H22N2O. The highest BCUT2D eigenvalue weighted by Gasteiger charge is 2.62. The number of para-hydroxylation sites is 1. The van der Waals surface area contributed by atoms with Gasteiger partial charge in [0, 0.05) is 17.6 Å². The van der Waals surface area contributed by atoms with Crippen LogP contribution >= 0.6 is 0 Å². The quantitative estimate of drug-likeness (QED) is 0.847. The van der Waals surface area contributed by atoms with Gasteiger partial charge in [0.15, 0.2) is 0 Å². The smallest absolute Gasteiger partial charge is 0.244 e. The molecule has 0 spiro atoms. The zero-order valence-electron chi connectivity index (χ0n) is 13.9. The third-order valence-corrected chi connectivity index (χ3v) is 5.88. The second kappa shape index (κ2) is 4.60. The lowest BCUT2D eigenvalue weighted by Crippen LogP contribution is -2.59. The van der Waals surface area contributed by atoms with Crippen LogP contribution in [-0.2, 0) is 16.8 Å². The maximum absolute atomic E-state index is 12.8. The molecule has 2 aliphatic rings. The average Bonchev–Trinajstić information content (AvgIpc) is 2.90. The van der Waals surface area contributed by atoms with Gasteiger partial charge < -0.3 is 9.80 Å². The molecule has 2 heterocycles. The van der Waals surface area contributed by atoms with E-state index in [1.807, 2.05) is 18.2 Å². The number of hydrogen-bond donors (Lipinski definition) is 0. The molecule has 1 saturated heterocycles. The normalized spacial score (nSPS) is 24.7.